The Morgan fingerprint density at radius 2 is 2.40 bits per heavy atom. The molecule has 20 heavy (non-hydrogen) atoms. The number of amides is 1. The van der Waals surface area contributed by atoms with Crippen molar-refractivity contribution in [2.24, 2.45) is 5.84 Å². The number of nitrogens with two attached hydrogens (primary N) is 1. The lowest BCUT2D eigenvalue weighted by molar-refractivity contribution is 0.166. The highest BCUT2D eigenvalue weighted by molar-refractivity contribution is 5.67. The molecule has 0 aromatic carbocycles. The molecule has 0 spiro atoms. The highest BCUT2D eigenvalue weighted by atomic mass is 16.5. The van der Waals surface area contributed by atoms with Crippen molar-refractivity contribution in [3.63, 3.8) is 0 Å². The van der Waals surface area contributed by atoms with E-state index < -0.39 is 6.09 Å². The summed E-state index contributed by atoms with van der Waals surface area (Å²) in [5.41, 5.74) is 3.40. The van der Waals surface area contributed by atoms with Crippen LogP contribution in [0.15, 0.2) is 6.07 Å². The minimum Gasteiger partial charge on any atom is -0.453 e. The van der Waals surface area contributed by atoms with Crippen LogP contribution in [0, 0.1) is 6.92 Å². The van der Waals surface area contributed by atoms with Gasteiger partial charge in [-0.2, -0.15) is 0 Å². The number of methoxy groups -OCH3 is 1. The summed E-state index contributed by atoms with van der Waals surface area (Å²) in [4.78, 5) is 22.1. The average Bonchev–Trinajstić information content (AvgIpc) is 2.85. The SMILES string of the molecule is COC(=O)NC1CCN(Cc2nc(C)cc(NN)n2)C1. The van der Waals surface area contributed by atoms with Gasteiger partial charge in [0, 0.05) is 30.9 Å². The summed E-state index contributed by atoms with van der Waals surface area (Å²) in [7, 11) is 1.37. The number of carbonyl (C=O) groups is 1. The first kappa shape index (κ1) is 14.5. The molecule has 4 N–H and O–H groups in total. The normalized spacial score (nSPS) is 18.9. The predicted octanol–water partition coefficient (Wildman–Crippen LogP) is 0.000920. The average molecular weight is 280 g/mol. The summed E-state index contributed by atoms with van der Waals surface area (Å²) >= 11 is 0. The van der Waals surface area contributed by atoms with E-state index in [1.165, 1.54) is 7.11 Å². The number of nitrogen functional groups attached to an aromatic ring is 1. The largest absolute Gasteiger partial charge is 0.453 e. The van der Waals surface area contributed by atoms with Gasteiger partial charge < -0.3 is 15.5 Å². The van der Waals surface area contributed by atoms with Gasteiger partial charge in [0.1, 0.15) is 11.6 Å². The number of hydrazine groups is 1. The molecule has 1 saturated heterocycles. The number of alkyl carbamates (subject to hydrolysis) is 1. The van der Waals surface area contributed by atoms with E-state index in [9.17, 15) is 4.79 Å². The van der Waals surface area contributed by atoms with Crippen molar-refractivity contribution in [3.8, 4) is 0 Å². The Hall–Kier alpha value is -1.93. The van der Waals surface area contributed by atoms with Crippen molar-refractivity contribution in [1.82, 2.24) is 20.2 Å². The van der Waals surface area contributed by atoms with Crippen LogP contribution in [0.2, 0.25) is 0 Å². The molecule has 2 rings (SSSR count). The fraction of sp³-hybridized carbons (Fsp3) is 0.583. The summed E-state index contributed by atoms with van der Waals surface area (Å²) in [5.74, 6) is 6.70. The molecule has 0 aliphatic carbocycles. The van der Waals surface area contributed by atoms with Crippen LogP contribution in [-0.4, -0.2) is 47.2 Å². The molecule has 1 atom stereocenters. The van der Waals surface area contributed by atoms with Gasteiger partial charge in [-0.1, -0.05) is 0 Å². The second kappa shape index (κ2) is 6.49. The van der Waals surface area contributed by atoms with Gasteiger partial charge in [0.25, 0.3) is 0 Å². The molecule has 110 valence electrons. The zero-order chi connectivity index (χ0) is 14.5. The molecule has 1 aliphatic rings. The fourth-order valence-corrected chi connectivity index (χ4v) is 2.29. The summed E-state index contributed by atoms with van der Waals surface area (Å²) in [6.45, 7) is 4.18. The second-order valence-electron chi connectivity index (χ2n) is 4.81. The molecule has 1 aromatic rings. The molecule has 0 saturated carbocycles. The molecule has 8 nitrogen and oxygen atoms in total. The Kier molecular flexibility index (Phi) is 4.70. The number of hydrogen-bond acceptors (Lipinski definition) is 7. The predicted molar refractivity (Wildman–Crippen MR) is 73.8 cm³/mol. The molecule has 0 bridgehead atoms. The van der Waals surface area contributed by atoms with E-state index in [1.54, 1.807) is 6.07 Å². The molecule has 1 amide bonds. The van der Waals surface area contributed by atoms with Crippen molar-refractivity contribution in [1.29, 1.82) is 0 Å². The number of aryl methyl sites for hydroxylation is 1. The first-order valence-electron chi connectivity index (χ1n) is 6.48. The number of ether oxygens (including phenoxy) is 1. The smallest absolute Gasteiger partial charge is 0.407 e. The van der Waals surface area contributed by atoms with E-state index in [2.05, 4.69) is 30.3 Å². The zero-order valence-corrected chi connectivity index (χ0v) is 11.7. The number of nitrogens with one attached hydrogen (secondary N) is 2. The summed E-state index contributed by atoms with van der Waals surface area (Å²) < 4.78 is 4.60. The van der Waals surface area contributed by atoms with Crippen molar-refractivity contribution in [3.05, 3.63) is 17.6 Å². The second-order valence-corrected chi connectivity index (χ2v) is 4.81. The highest BCUT2D eigenvalue weighted by Gasteiger charge is 2.24. The summed E-state index contributed by atoms with van der Waals surface area (Å²) in [6, 6.07) is 1.90. The Balaban J connectivity index is 1.91. The third-order valence-electron chi connectivity index (χ3n) is 3.19. The van der Waals surface area contributed by atoms with Gasteiger partial charge in [-0.25, -0.2) is 20.6 Å². The Labute approximate surface area is 117 Å². The molecule has 1 fully saturated rings. The Morgan fingerprint density at radius 3 is 3.10 bits per heavy atom. The van der Waals surface area contributed by atoms with Crippen LogP contribution < -0.4 is 16.6 Å². The number of nitrogens with zero attached hydrogens (tertiary/aromatic N) is 3. The number of carbonyl (C=O) groups excluding carboxylic acids is 1. The molecule has 2 heterocycles. The minimum atomic E-state index is -0.390. The van der Waals surface area contributed by atoms with Crippen molar-refractivity contribution >= 4 is 11.9 Å². The van der Waals surface area contributed by atoms with E-state index in [0.717, 1.165) is 31.0 Å². The molecule has 1 aromatic heterocycles. The Morgan fingerprint density at radius 1 is 1.60 bits per heavy atom. The molecule has 1 aliphatic heterocycles. The van der Waals surface area contributed by atoms with Gasteiger partial charge in [0.15, 0.2) is 0 Å². The monoisotopic (exact) mass is 280 g/mol. The lowest BCUT2D eigenvalue weighted by Gasteiger charge is -2.16. The van der Waals surface area contributed by atoms with Crippen LogP contribution in [0.3, 0.4) is 0 Å². The van der Waals surface area contributed by atoms with Crippen molar-refractivity contribution in [2.45, 2.75) is 25.9 Å². The van der Waals surface area contributed by atoms with E-state index in [-0.39, 0.29) is 6.04 Å². The van der Waals surface area contributed by atoms with E-state index in [0.29, 0.717) is 12.4 Å². The first-order valence-corrected chi connectivity index (χ1v) is 6.48. The third-order valence-corrected chi connectivity index (χ3v) is 3.19. The van der Waals surface area contributed by atoms with E-state index in [4.69, 9.17) is 5.84 Å². The maximum Gasteiger partial charge on any atom is 0.407 e. The molecule has 0 radical (unpaired) electrons. The van der Waals surface area contributed by atoms with Crippen molar-refractivity contribution in [2.75, 3.05) is 25.6 Å². The van der Waals surface area contributed by atoms with Crippen LogP contribution in [-0.2, 0) is 11.3 Å². The number of rotatable bonds is 4. The maximum absolute atomic E-state index is 11.2. The number of likely N-dealkylation sites (tertiary alicyclic amines) is 1. The van der Waals surface area contributed by atoms with Crippen LogP contribution in [0.5, 0.6) is 0 Å². The first-order chi connectivity index (χ1) is 9.60. The lowest BCUT2D eigenvalue weighted by Crippen LogP contribution is -2.36. The summed E-state index contributed by atoms with van der Waals surface area (Å²) in [5, 5.41) is 2.80. The van der Waals surface area contributed by atoms with Gasteiger partial charge in [-0.05, 0) is 13.3 Å². The Bertz CT molecular complexity index is 481. The maximum atomic E-state index is 11.2. The van der Waals surface area contributed by atoms with Gasteiger partial charge in [0.05, 0.1) is 13.7 Å². The molecular formula is C12H20N6O2. The van der Waals surface area contributed by atoms with E-state index in [1.807, 2.05) is 6.92 Å². The van der Waals surface area contributed by atoms with Gasteiger partial charge in [0.2, 0.25) is 0 Å². The van der Waals surface area contributed by atoms with Gasteiger partial charge >= 0.3 is 6.09 Å². The summed E-state index contributed by atoms with van der Waals surface area (Å²) in [6.07, 6.45) is 0.501. The standard InChI is InChI=1S/C12H20N6O2/c1-8-5-10(17-13)16-11(14-8)7-18-4-3-9(6-18)15-12(19)20-2/h5,9H,3-4,6-7,13H2,1-2H3,(H,15,19)(H,14,16,17). The minimum absolute atomic E-state index is 0.111. The lowest BCUT2D eigenvalue weighted by atomic mass is 10.3. The number of anilines is 1. The topological polar surface area (TPSA) is 105 Å². The quantitative estimate of drug-likeness (QED) is 0.526. The van der Waals surface area contributed by atoms with Crippen LogP contribution in [0.4, 0.5) is 10.6 Å². The van der Waals surface area contributed by atoms with Crippen LogP contribution in [0.1, 0.15) is 17.9 Å². The van der Waals surface area contributed by atoms with Gasteiger partial charge in [-0.3, -0.25) is 4.90 Å². The van der Waals surface area contributed by atoms with E-state index >= 15 is 0 Å². The van der Waals surface area contributed by atoms with Crippen LogP contribution in [0.25, 0.3) is 0 Å². The highest BCUT2D eigenvalue weighted by Crippen LogP contribution is 2.13. The van der Waals surface area contributed by atoms with Crippen molar-refractivity contribution < 1.29 is 9.53 Å². The van der Waals surface area contributed by atoms with Crippen LogP contribution >= 0.6 is 0 Å². The molecule has 8 heteroatoms. The molecular weight excluding hydrogens is 260 g/mol. The number of aromatic nitrogens is 2. The van der Waals surface area contributed by atoms with Gasteiger partial charge in [-0.15, -0.1) is 0 Å². The third kappa shape index (κ3) is 3.78. The molecule has 1 unspecified atom stereocenters. The zero-order valence-electron chi connectivity index (χ0n) is 11.7. The fourth-order valence-electron chi connectivity index (χ4n) is 2.29. The number of hydrogen-bond donors (Lipinski definition) is 3.